The van der Waals surface area contributed by atoms with Crippen molar-refractivity contribution in [2.75, 3.05) is 26.2 Å². The largest absolute Gasteiger partial charge is 0.349 e. The first-order valence-electron chi connectivity index (χ1n) is 10.5. The zero-order valence-electron chi connectivity index (χ0n) is 16.7. The Morgan fingerprint density at radius 3 is 2.26 bits per heavy atom. The second-order valence-corrected chi connectivity index (χ2v) is 8.01. The molecule has 1 aromatic carbocycles. The molecule has 5 heteroatoms. The Labute approximate surface area is 163 Å². The number of rotatable bonds is 4. The maximum Gasteiger partial charge on any atom is 0.251 e. The van der Waals surface area contributed by atoms with E-state index >= 15 is 0 Å². The monoisotopic (exact) mass is 371 g/mol. The summed E-state index contributed by atoms with van der Waals surface area (Å²) in [5.41, 5.74) is 1.74. The molecule has 0 aromatic heterocycles. The number of hydrogen-bond donors (Lipinski definition) is 1. The maximum absolute atomic E-state index is 12.9. The molecular formula is C22H33N3O2. The number of carbonyl (C=O) groups excluding carboxylic acids is 2. The number of piperidine rings is 1. The van der Waals surface area contributed by atoms with Crippen LogP contribution in [0.15, 0.2) is 24.3 Å². The minimum Gasteiger partial charge on any atom is -0.349 e. The van der Waals surface area contributed by atoms with E-state index in [1.165, 1.54) is 25.7 Å². The Balaban J connectivity index is 1.48. The van der Waals surface area contributed by atoms with Crippen molar-refractivity contribution in [3.63, 3.8) is 0 Å². The predicted octanol–water partition coefficient (Wildman–Crippen LogP) is 2.98. The van der Waals surface area contributed by atoms with Gasteiger partial charge in [0.05, 0.1) is 6.04 Å². The molecule has 2 amide bonds. The van der Waals surface area contributed by atoms with Crippen LogP contribution in [0, 0.1) is 6.92 Å². The lowest BCUT2D eigenvalue weighted by Crippen LogP contribution is -2.52. The fraction of sp³-hybridized carbons (Fsp3) is 0.636. The molecule has 0 aliphatic carbocycles. The summed E-state index contributed by atoms with van der Waals surface area (Å²) in [6.45, 7) is 7.55. The number of carbonyl (C=O) groups is 2. The standard InChI is InChI=1S/C22H33N3O2/c1-17-9-5-6-10-20(17)21(26)23-19-11-15-25(16-12-19)22(27)18(2)24-13-7-3-4-8-14-24/h5-6,9-10,18-19H,3-4,7-8,11-16H2,1-2H3,(H,23,26). The molecule has 2 fully saturated rings. The van der Waals surface area contributed by atoms with Gasteiger partial charge < -0.3 is 10.2 Å². The Morgan fingerprint density at radius 2 is 1.63 bits per heavy atom. The van der Waals surface area contributed by atoms with E-state index < -0.39 is 0 Å². The van der Waals surface area contributed by atoms with Crippen molar-refractivity contribution in [3.05, 3.63) is 35.4 Å². The first kappa shape index (κ1) is 19.9. The molecule has 1 atom stereocenters. The molecule has 0 radical (unpaired) electrons. The van der Waals surface area contributed by atoms with Crippen molar-refractivity contribution in [1.29, 1.82) is 0 Å². The smallest absolute Gasteiger partial charge is 0.251 e. The van der Waals surface area contributed by atoms with Gasteiger partial charge in [0.25, 0.3) is 5.91 Å². The van der Waals surface area contributed by atoms with Gasteiger partial charge >= 0.3 is 0 Å². The summed E-state index contributed by atoms with van der Waals surface area (Å²) in [6, 6.07) is 7.79. The molecule has 148 valence electrons. The fourth-order valence-corrected chi connectivity index (χ4v) is 4.24. The van der Waals surface area contributed by atoms with Crippen LogP contribution in [0.1, 0.15) is 61.4 Å². The van der Waals surface area contributed by atoms with Crippen LogP contribution in [0.3, 0.4) is 0 Å². The zero-order chi connectivity index (χ0) is 19.2. The molecule has 2 saturated heterocycles. The van der Waals surface area contributed by atoms with Crippen LogP contribution in [0.5, 0.6) is 0 Å². The average Bonchev–Trinajstić information content (AvgIpc) is 2.97. The Kier molecular flexibility index (Phi) is 6.89. The fourth-order valence-electron chi connectivity index (χ4n) is 4.24. The second kappa shape index (κ2) is 9.36. The summed E-state index contributed by atoms with van der Waals surface area (Å²) < 4.78 is 0. The van der Waals surface area contributed by atoms with E-state index in [1.54, 1.807) is 0 Å². The van der Waals surface area contributed by atoms with Gasteiger partial charge in [-0.2, -0.15) is 0 Å². The second-order valence-electron chi connectivity index (χ2n) is 8.01. The van der Waals surface area contributed by atoms with Crippen LogP contribution in [-0.4, -0.2) is 59.9 Å². The van der Waals surface area contributed by atoms with Crippen molar-refractivity contribution >= 4 is 11.8 Å². The first-order valence-corrected chi connectivity index (χ1v) is 10.5. The van der Waals surface area contributed by atoms with Crippen LogP contribution >= 0.6 is 0 Å². The third-order valence-electron chi connectivity index (χ3n) is 6.08. The van der Waals surface area contributed by atoms with E-state index in [0.29, 0.717) is 0 Å². The minimum absolute atomic E-state index is 0.00388. The van der Waals surface area contributed by atoms with E-state index in [4.69, 9.17) is 0 Å². The third kappa shape index (κ3) is 5.10. The van der Waals surface area contributed by atoms with Crippen molar-refractivity contribution in [2.45, 2.75) is 64.5 Å². The minimum atomic E-state index is -0.0267. The van der Waals surface area contributed by atoms with Gasteiger partial charge in [-0.05, 0) is 64.3 Å². The SMILES string of the molecule is Cc1ccccc1C(=O)NC1CCN(C(=O)C(C)N2CCCCCC2)CC1. The van der Waals surface area contributed by atoms with Crippen molar-refractivity contribution in [2.24, 2.45) is 0 Å². The van der Waals surface area contributed by atoms with Gasteiger partial charge in [0, 0.05) is 24.7 Å². The summed E-state index contributed by atoms with van der Waals surface area (Å²) in [4.78, 5) is 29.7. The molecule has 27 heavy (non-hydrogen) atoms. The van der Waals surface area contributed by atoms with E-state index in [1.807, 2.05) is 36.1 Å². The highest BCUT2D eigenvalue weighted by Gasteiger charge is 2.30. The number of hydrogen-bond acceptors (Lipinski definition) is 3. The van der Waals surface area contributed by atoms with E-state index in [2.05, 4.69) is 17.1 Å². The number of likely N-dealkylation sites (tertiary alicyclic amines) is 2. The van der Waals surface area contributed by atoms with E-state index in [0.717, 1.165) is 50.1 Å². The van der Waals surface area contributed by atoms with Gasteiger partial charge in [-0.15, -0.1) is 0 Å². The van der Waals surface area contributed by atoms with Crippen LogP contribution < -0.4 is 5.32 Å². The van der Waals surface area contributed by atoms with E-state index in [9.17, 15) is 9.59 Å². The van der Waals surface area contributed by atoms with Gasteiger partial charge in [-0.3, -0.25) is 14.5 Å². The first-order chi connectivity index (χ1) is 13.1. The van der Waals surface area contributed by atoms with Crippen LogP contribution in [0.4, 0.5) is 0 Å². The normalized spacial score (nSPS) is 20.7. The molecular weight excluding hydrogens is 338 g/mol. The maximum atomic E-state index is 12.9. The average molecular weight is 372 g/mol. The molecule has 0 bridgehead atoms. The van der Waals surface area contributed by atoms with Crippen molar-refractivity contribution in [1.82, 2.24) is 15.1 Å². The molecule has 2 heterocycles. The van der Waals surface area contributed by atoms with E-state index in [-0.39, 0.29) is 23.9 Å². The highest BCUT2D eigenvalue weighted by atomic mass is 16.2. The topological polar surface area (TPSA) is 52.7 Å². The lowest BCUT2D eigenvalue weighted by Gasteiger charge is -2.36. The van der Waals surface area contributed by atoms with Gasteiger partial charge in [-0.25, -0.2) is 0 Å². The highest BCUT2D eigenvalue weighted by Crippen LogP contribution is 2.17. The molecule has 1 N–H and O–H groups in total. The van der Waals surface area contributed by atoms with Gasteiger partial charge in [-0.1, -0.05) is 31.0 Å². The summed E-state index contributed by atoms with van der Waals surface area (Å²) in [5, 5.41) is 3.15. The number of amides is 2. The molecule has 3 rings (SSSR count). The quantitative estimate of drug-likeness (QED) is 0.885. The van der Waals surface area contributed by atoms with Crippen molar-refractivity contribution in [3.8, 4) is 0 Å². The summed E-state index contributed by atoms with van der Waals surface area (Å²) in [5.74, 6) is 0.247. The molecule has 1 aromatic rings. The Bertz CT molecular complexity index is 645. The third-order valence-corrected chi connectivity index (χ3v) is 6.08. The Morgan fingerprint density at radius 1 is 1.00 bits per heavy atom. The number of nitrogens with zero attached hydrogens (tertiary/aromatic N) is 2. The van der Waals surface area contributed by atoms with Crippen LogP contribution in [0.2, 0.25) is 0 Å². The van der Waals surface area contributed by atoms with Gasteiger partial charge in [0.15, 0.2) is 0 Å². The molecule has 0 saturated carbocycles. The predicted molar refractivity (Wildman–Crippen MR) is 108 cm³/mol. The van der Waals surface area contributed by atoms with Crippen LogP contribution in [-0.2, 0) is 4.79 Å². The molecule has 5 nitrogen and oxygen atoms in total. The lowest BCUT2D eigenvalue weighted by molar-refractivity contribution is -0.137. The van der Waals surface area contributed by atoms with Gasteiger partial charge in [0.1, 0.15) is 0 Å². The highest BCUT2D eigenvalue weighted by molar-refractivity contribution is 5.95. The number of benzene rings is 1. The molecule has 2 aliphatic heterocycles. The molecule has 1 unspecified atom stereocenters. The van der Waals surface area contributed by atoms with Crippen molar-refractivity contribution < 1.29 is 9.59 Å². The Hall–Kier alpha value is -1.88. The van der Waals surface area contributed by atoms with Crippen LogP contribution in [0.25, 0.3) is 0 Å². The molecule has 2 aliphatic rings. The zero-order valence-corrected chi connectivity index (χ0v) is 16.7. The van der Waals surface area contributed by atoms with Gasteiger partial charge in [0.2, 0.25) is 5.91 Å². The number of aryl methyl sites for hydroxylation is 1. The number of nitrogens with one attached hydrogen (secondary N) is 1. The summed E-state index contributed by atoms with van der Waals surface area (Å²) in [6.07, 6.45) is 6.62. The summed E-state index contributed by atoms with van der Waals surface area (Å²) in [7, 11) is 0. The molecule has 0 spiro atoms. The summed E-state index contributed by atoms with van der Waals surface area (Å²) >= 11 is 0. The lowest BCUT2D eigenvalue weighted by atomic mass is 10.0.